The Labute approximate surface area is 144 Å². The van der Waals surface area contributed by atoms with Crippen molar-refractivity contribution in [1.29, 1.82) is 0 Å². The third-order valence-corrected chi connectivity index (χ3v) is 4.87. The van der Waals surface area contributed by atoms with Crippen LogP contribution in [0.5, 0.6) is 0 Å². The fraction of sp³-hybridized carbons (Fsp3) is 0.444. The molecule has 2 fully saturated rings. The lowest BCUT2D eigenvalue weighted by Gasteiger charge is -2.30. The van der Waals surface area contributed by atoms with Crippen LogP contribution in [0.3, 0.4) is 0 Å². The minimum Gasteiger partial charge on any atom is -0.481 e. The summed E-state index contributed by atoms with van der Waals surface area (Å²) in [5, 5.41) is 13.1. The van der Waals surface area contributed by atoms with Gasteiger partial charge in [0.2, 0.25) is 11.7 Å². The first kappa shape index (κ1) is 15.8. The van der Waals surface area contributed by atoms with Crippen LogP contribution in [-0.4, -0.2) is 45.1 Å². The van der Waals surface area contributed by atoms with Gasteiger partial charge in [0.25, 0.3) is 5.91 Å². The molecule has 4 rings (SSSR count). The number of carbonyl (C=O) groups excluding carboxylic acids is 1. The number of carbonyl (C=O) groups is 2. The van der Waals surface area contributed by atoms with Crippen LogP contribution in [-0.2, 0) is 4.79 Å². The van der Waals surface area contributed by atoms with E-state index in [1.54, 1.807) is 23.1 Å². The van der Waals surface area contributed by atoms with E-state index in [0.29, 0.717) is 49.1 Å². The van der Waals surface area contributed by atoms with Crippen molar-refractivity contribution in [3.63, 3.8) is 0 Å². The number of nitrogens with zero attached hydrogens (tertiary/aromatic N) is 3. The first-order valence-electron chi connectivity index (χ1n) is 8.58. The molecule has 25 heavy (non-hydrogen) atoms. The Hall–Kier alpha value is -2.70. The van der Waals surface area contributed by atoms with Gasteiger partial charge in [-0.2, -0.15) is 4.98 Å². The van der Waals surface area contributed by atoms with Crippen molar-refractivity contribution in [2.75, 3.05) is 13.1 Å². The summed E-state index contributed by atoms with van der Waals surface area (Å²) in [4.78, 5) is 29.9. The molecule has 0 atom stereocenters. The molecule has 7 heteroatoms. The number of carboxylic acid groups (broad SMARTS) is 1. The van der Waals surface area contributed by atoms with Crippen LogP contribution in [0.1, 0.15) is 47.8 Å². The van der Waals surface area contributed by atoms with Gasteiger partial charge in [-0.25, -0.2) is 0 Å². The Bertz CT molecular complexity index is 804. The van der Waals surface area contributed by atoms with Gasteiger partial charge in [-0.05, 0) is 37.8 Å². The van der Waals surface area contributed by atoms with Gasteiger partial charge in [-0.3, -0.25) is 9.59 Å². The van der Waals surface area contributed by atoms with Crippen molar-refractivity contribution in [2.45, 2.75) is 31.6 Å². The second-order valence-electron chi connectivity index (χ2n) is 6.72. The van der Waals surface area contributed by atoms with Crippen molar-refractivity contribution >= 4 is 11.9 Å². The first-order chi connectivity index (χ1) is 12.1. The monoisotopic (exact) mass is 341 g/mol. The molecule has 0 bridgehead atoms. The van der Waals surface area contributed by atoms with Crippen molar-refractivity contribution in [2.24, 2.45) is 5.92 Å². The van der Waals surface area contributed by atoms with Gasteiger partial charge in [0.1, 0.15) is 0 Å². The molecule has 1 aliphatic carbocycles. The molecule has 1 aromatic heterocycles. The van der Waals surface area contributed by atoms with Gasteiger partial charge in [-0.15, -0.1) is 0 Å². The number of aliphatic carboxylic acids is 1. The van der Waals surface area contributed by atoms with E-state index in [2.05, 4.69) is 10.1 Å². The van der Waals surface area contributed by atoms with Gasteiger partial charge in [-0.1, -0.05) is 17.3 Å². The van der Waals surface area contributed by atoms with Crippen LogP contribution in [0.2, 0.25) is 0 Å². The Balaban J connectivity index is 1.49. The van der Waals surface area contributed by atoms with E-state index in [1.807, 2.05) is 6.07 Å². The van der Waals surface area contributed by atoms with E-state index < -0.39 is 5.97 Å². The summed E-state index contributed by atoms with van der Waals surface area (Å²) in [6.07, 6.45) is 3.17. The molecule has 7 nitrogen and oxygen atoms in total. The molecule has 1 amide bonds. The predicted octanol–water partition coefficient (Wildman–Crippen LogP) is 2.55. The van der Waals surface area contributed by atoms with E-state index in [0.717, 1.165) is 18.4 Å². The Morgan fingerprint density at radius 3 is 2.60 bits per heavy atom. The number of amides is 1. The highest BCUT2D eigenvalue weighted by molar-refractivity contribution is 5.95. The summed E-state index contributed by atoms with van der Waals surface area (Å²) in [7, 11) is 0. The maximum absolute atomic E-state index is 12.7. The lowest BCUT2D eigenvalue weighted by atomic mass is 9.96. The zero-order valence-electron chi connectivity index (χ0n) is 13.7. The van der Waals surface area contributed by atoms with E-state index in [9.17, 15) is 9.59 Å². The highest BCUT2D eigenvalue weighted by Gasteiger charge is 2.30. The normalized spacial score (nSPS) is 18.3. The summed E-state index contributed by atoms with van der Waals surface area (Å²) in [5.74, 6) is 0.343. The van der Waals surface area contributed by atoms with Crippen LogP contribution in [0, 0.1) is 5.92 Å². The molecule has 1 aliphatic heterocycles. The summed E-state index contributed by atoms with van der Waals surface area (Å²) in [6.45, 7) is 0.933. The molecule has 130 valence electrons. The standard InChI is InChI=1S/C18H19N3O4/c22-17(21-8-6-12(7-9-21)18(23)24)14-3-1-2-13(10-14)15-19-16(25-20-15)11-4-5-11/h1-3,10-12H,4-9H2,(H,23,24). The fourth-order valence-corrected chi connectivity index (χ4v) is 3.15. The maximum atomic E-state index is 12.7. The number of benzene rings is 1. The third-order valence-electron chi connectivity index (χ3n) is 4.87. The van der Waals surface area contributed by atoms with Gasteiger partial charge >= 0.3 is 5.97 Å². The average molecular weight is 341 g/mol. The number of hydrogen-bond donors (Lipinski definition) is 1. The molecule has 0 unspecified atom stereocenters. The summed E-state index contributed by atoms with van der Waals surface area (Å²) in [6, 6.07) is 7.19. The topological polar surface area (TPSA) is 96.5 Å². The van der Waals surface area contributed by atoms with E-state index in [4.69, 9.17) is 9.63 Å². The molecule has 1 aromatic carbocycles. The molecule has 1 N–H and O–H groups in total. The van der Waals surface area contributed by atoms with Gasteiger partial charge in [0.05, 0.1) is 5.92 Å². The Morgan fingerprint density at radius 1 is 1.16 bits per heavy atom. The largest absolute Gasteiger partial charge is 0.481 e. The molecule has 2 aromatic rings. The fourth-order valence-electron chi connectivity index (χ4n) is 3.15. The van der Waals surface area contributed by atoms with Crippen molar-refractivity contribution in [3.05, 3.63) is 35.7 Å². The SMILES string of the molecule is O=C(O)C1CCN(C(=O)c2cccc(-c3noc(C4CC4)n3)c2)CC1. The van der Waals surface area contributed by atoms with Gasteiger partial charge in [0.15, 0.2) is 0 Å². The summed E-state index contributed by atoms with van der Waals surface area (Å²) < 4.78 is 5.28. The maximum Gasteiger partial charge on any atom is 0.306 e. The van der Waals surface area contributed by atoms with Gasteiger partial charge in [0, 0.05) is 30.1 Å². The molecule has 0 spiro atoms. The molecule has 1 saturated carbocycles. The highest BCUT2D eigenvalue weighted by atomic mass is 16.5. The molecule has 1 saturated heterocycles. The van der Waals surface area contributed by atoms with Gasteiger partial charge < -0.3 is 14.5 Å². The smallest absolute Gasteiger partial charge is 0.306 e. The number of piperidine rings is 1. The van der Waals surface area contributed by atoms with Crippen LogP contribution < -0.4 is 0 Å². The summed E-state index contributed by atoms with van der Waals surface area (Å²) in [5.41, 5.74) is 1.31. The van der Waals surface area contributed by atoms with E-state index >= 15 is 0 Å². The third kappa shape index (κ3) is 3.26. The molecule has 2 heterocycles. The predicted molar refractivity (Wildman–Crippen MR) is 88.0 cm³/mol. The molecular formula is C18H19N3O4. The second kappa shape index (κ2) is 6.31. The Kier molecular flexibility index (Phi) is 3.99. The van der Waals surface area contributed by atoms with Crippen LogP contribution in [0.25, 0.3) is 11.4 Å². The van der Waals surface area contributed by atoms with Crippen molar-refractivity contribution < 1.29 is 19.2 Å². The van der Waals surface area contributed by atoms with Crippen molar-refractivity contribution in [1.82, 2.24) is 15.0 Å². The van der Waals surface area contributed by atoms with Crippen molar-refractivity contribution in [3.8, 4) is 11.4 Å². The zero-order chi connectivity index (χ0) is 17.4. The number of rotatable bonds is 4. The second-order valence-corrected chi connectivity index (χ2v) is 6.72. The number of hydrogen-bond acceptors (Lipinski definition) is 5. The van der Waals surface area contributed by atoms with Crippen LogP contribution in [0.4, 0.5) is 0 Å². The minimum atomic E-state index is -0.780. The zero-order valence-corrected chi connectivity index (χ0v) is 13.7. The lowest BCUT2D eigenvalue weighted by molar-refractivity contribution is -0.143. The number of aromatic nitrogens is 2. The Morgan fingerprint density at radius 2 is 1.92 bits per heavy atom. The molecule has 2 aliphatic rings. The highest BCUT2D eigenvalue weighted by Crippen LogP contribution is 2.39. The van der Waals surface area contributed by atoms with E-state index in [-0.39, 0.29) is 11.8 Å². The van der Waals surface area contributed by atoms with E-state index in [1.165, 1.54) is 0 Å². The quantitative estimate of drug-likeness (QED) is 0.918. The number of carboxylic acids is 1. The molecule has 0 radical (unpaired) electrons. The average Bonchev–Trinajstić information content (AvgIpc) is 3.38. The minimum absolute atomic E-state index is 0.0865. The summed E-state index contributed by atoms with van der Waals surface area (Å²) >= 11 is 0. The van der Waals surface area contributed by atoms with Crippen LogP contribution in [0.15, 0.2) is 28.8 Å². The molecular weight excluding hydrogens is 322 g/mol. The van der Waals surface area contributed by atoms with Crippen LogP contribution >= 0.6 is 0 Å². The number of likely N-dealkylation sites (tertiary alicyclic amines) is 1. The first-order valence-corrected chi connectivity index (χ1v) is 8.58. The lowest BCUT2D eigenvalue weighted by Crippen LogP contribution is -2.40.